The highest BCUT2D eigenvalue weighted by molar-refractivity contribution is 4.83. The van der Waals surface area contributed by atoms with Gasteiger partial charge in [0, 0.05) is 13.1 Å². The summed E-state index contributed by atoms with van der Waals surface area (Å²) in [5, 5.41) is 0. The summed E-state index contributed by atoms with van der Waals surface area (Å²) in [6.45, 7) is 7.20. The summed E-state index contributed by atoms with van der Waals surface area (Å²) in [5.41, 5.74) is 6.49. The van der Waals surface area contributed by atoms with E-state index in [0.29, 0.717) is 0 Å². The van der Waals surface area contributed by atoms with E-state index in [4.69, 9.17) is 0 Å². The van der Waals surface area contributed by atoms with Gasteiger partial charge in [-0.1, -0.05) is 20.3 Å². The molecule has 1 saturated heterocycles. The Hall–Kier alpha value is -0.0800. The van der Waals surface area contributed by atoms with Crippen molar-refractivity contribution in [2.45, 2.75) is 33.1 Å². The predicted octanol–water partition coefficient (Wildman–Crippen LogP) is 1.78. The third kappa shape index (κ3) is 2.05. The molecule has 0 amide bonds. The molecule has 2 N–H and O–H groups in total. The molecule has 1 aliphatic carbocycles. The molecule has 0 aromatic carbocycles. The molecule has 2 heteroatoms. The highest BCUT2D eigenvalue weighted by Crippen LogP contribution is 2.37. The van der Waals surface area contributed by atoms with Crippen LogP contribution in [0.2, 0.25) is 0 Å². The van der Waals surface area contributed by atoms with Gasteiger partial charge in [0.05, 0.1) is 0 Å². The summed E-state index contributed by atoms with van der Waals surface area (Å²) in [5.74, 6) is 3.78. The lowest BCUT2D eigenvalue weighted by molar-refractivity contribution is 0.168. The van der Waals surface area contributed by atoms with Crippen LogP contribution >= 0.6 is 0 Å². The highest BCUT2D eigenvalue weighted by Gasteiger charge is 2.31. The Labute approximate surface area is 81.4 Å². The van der Waals surface area contributed by atoms with Crippen molar-refractivity contribution >= 4 is 0 Å². The molecule has 2 fully saturated rings. The minimum atomic E-state index is 0.898. The van der Waals surface area contributed by atoms with Crippen LogP contribution in [0, 0.1) is 23.7 Å². The van der Waals surface area contributed by atoms with Gasteiger partial charge in [0.25, 0.3) is 0 Å². The Kier molecular flexibility index (Phi) is 2.89. The first-order valence-electron chi connectivity index (χ1n) is 5.73. The minimum Gasteiger partial charge on any atom is -0.258 e. The molecule has 1 heterocycles. The van der Waals surface area contributed by atoms with E-state index in [1.807, 2.05) is 0 Å². The minimum absolute atomic E-state index is 0.898. The fourth-order valence-corrected chi connectivity index (χ4v) is 2.83. The van der Waals surface area contributed by atoms with Gasteiger partial charge in [-0.15, -0.1) is 0 Å². The molecule has 3 atom stereocenters. The molecule has 0 aromatic rings. The first-order valence-corrected chi connectivity index (χ1v) is 5.73. The predicted molar refractivity (Wildman–Crippen MR) is 55.2 cm³/mol. The van der Waals surface area contributed by atoms with Gasteiger partial charge in [-0.05, 0) is 36.5 Å². The second-order valence-corrected chi connectivity index (χ2v) is 5.05. The second-order valence-electron chi connectivity index (χ2n) is 5.05. The van der Waals surface area contributed by atoms with E-state index < -0.39 is 0 Å². The first-order chi connectivity index (χ1) is 6.27. The summed E-state index contributed by atoms with van der Waals surface area (Å²) in [6, 6.07) is 0. The van der Waals surface area contributed by atoms with Crippen molar-refractivity contribution in [2.75, 3.05) is 13.1 Å². The molecule has 0 spiro atoms. The van der Waals surface area contributed by atoms with E-state index in [1.54, 1.807) is 0 Å². The third-order valence-electron chi connectivity index (χ3n) is 4.16. The van der Waals surface area contributed by atoms with E-state index in [0.717, 1.165) is 23.7 Å². The zero-order valence-corrected chi connectivity index (χ0v) is 8.84. The number of nitrogens with one attached hydrogen (secondary N) is 2. The largest absolute Gasteiger partial charge is 0.258 e. The van der Waals surface area contributed by atoms with Crippen molar-refractivity contribution in [3.8, 4) is 0 Å². The lowest BCUT2D eigenvalue weighted by atomic mass is 9.71. The monoisotopic (exact) mass is 182 g/mol. The lowest BCUT2D eigenvalue weighted by Crippen LogP contribution is -2.28. The zero-order chi connectivity index (χ0) is 9.26. The highest BCUT2D eigenvalue weighted by atomic mass is 15.4. The van der Waals surface area contributed by atoms with Gasteiger partial charge in [-0.2, -0.15) is 0 Å². The van der Waals surface area contributed by atoms with Gasteiger partial charge < -0.3 is 0 Å². The van der Waals surface area contributed by atoms with Crippen molar-refractivity contribution in [3.05, 3.63) is 0 Å². The van der Waals surface area contributed by atoms with Gasteiger partial charge in [0.1, 0.15) is 0 Å². The maximum absolute atomic E-state index is 3.25. The Morgan fingerprint density at radius 2 is 1.54 bits per heavy atom. The lowest BCUT2D eigenvalue weighted by Gasteiger charge is -2.34. The Bertz CT molecular complexity index is 163. The summed E-state index contributed by atoms with van der Waals surface area (Å²) in [4.78, 5) is 0. The van der Waals surface area contributed by atoms with Crippen LogP contribution in [0.4, 0.5) is 0 Å². The Balaban J connectivity index is 1.87. The average Bonchev–Trinajstić information content (AvgIpc) is 2.62. The van der Waals surface area contributed by atoms with Gasteiger partial charge in [-0.3, -0.25) is 10.9 Å². The third-order valence-corrected chi connectivity index (χ3v) is 4.16. The maximum Gasteiger partial charge on any atom is 0.0143 e. The van der Waals surface area contributed by atoms with Crippen LogP contribution in [0.3, 0.4) is 0 Å². The fraction of sp³-hybridized carbons (Fsp3) is 1.00. The van der Waals surface area contributed by atoms with Crippen LogP contribution in [0.25, 0.3) is 0 Å². The van der Waals surface area contributed by atoms with Crippen molar-refractivity contribution < 1.29 is 0 Å². The van der Waals surface area contributed by atoms with E-state index >= 15 is 0 Å². The van der Waals surface area contributed by atoms with Crippen molar-refractivity contribution in [2.24, 2.45) is 23.7 Å². The maximum atomic E-state index is 3.25. The Morgan fingerprint density at radius 3 is 2.15 bits per heavy atom. The molecule has 1 aliphatic heterocycles. The molecule has 1 saturated carbocycles. The average molecular weight is 182 g/mol. The molecule has 76 valence electrons. The molecule has 2 rings (SSSR count). The molecular weight excluding hydrogens is 160 g/mol. The van der Waals surface area contributed by atoms with E-state index in [2.05, 4.69) is 24.7 Å². The van der Waals surface area contributed by atoms with E-state index in [9.17, 15) is 0 Å². The van der Waals surface area contributed by atoms with E-state index in [-0.39, 0.29) is 0 Å². The molecule has 3 unspecified atom stereocenters. The van der Waals surface area contributed by atoms with Crippen LogP contribution in [-0.2, 0) is 0 Å². The fourth-order valence-electron chi connectivity index (χ4n) is 2.83. The Morgan fingerprint density at radius 1 is 0.846 bits per heavy atom. The number of hydrogen-bond donors (Lipinski definition) is 2. The van der Waals surface area contributed by atoms with Crippen LogP contribution in [0.5, 0.6) is 0 Å². The van der Waals surface area contributed by atoms with Crippen molar-refractivity contribution in [3.63, 3.8) is 0 Å². The van der Waals surface area contributed by atoms with Gasteiger partial charge in [-0.25, -0.2) is 0 Å². The molecule has 13 heavy (non-hydrogen) atoms. The number of hydrogen-bond acceptors (Lipinski definition) is 2. The normalized spacial score (nSPS) is 42.5. The van der Waals surface area contributed by atoms with Crippen LogP contribution < -0.4 is 10.9 Å². The number of hydrazine groups is 1. The summed E-state index contributed by atoms with van der Waals surface area (Å²) in [6.07, 6.45) is 4.36. The van der Waals surface area contributed by atoms with Gasteiger partial charge in [0.15, 0.2) is 0 Å². The molecule has 0 aromatic heterocycles. The zero-order valence-electron chi connectivity index (χ0n) is 8.84. The molecule has 2 nitrogen and oxygen atoms in total. The SMILES string of the molecule is CC1CCC(C2CNNC2)CC1C. The van der Waals surface area contributed by atoms with Crippen LogP contribution in [0.1, 0.15) is 33.1 Å². The smallest absolute Gasteiger partial charge is 0.0143 e. The summed E-state index contributed by atoms with van der Waals surface area (Å²) >= 11 is 0. The molecule has 0 bridgehead atoms. The number of rotatable bonds is 1. The molecule has 2 aliphatic rings. The van der Waals surface area contributed by atoms with Crippen molar-refractivity contribution in [1.82, 2.24) is 10.9 Å². The van der Waals surface area contributed by atoms with Gasteiger partial charge in [0.2, 0.25) is 0 Å². The molecule has 0 radical (unpaired) electrons. The van der Waals surface area contributed by atoms with Crippen LogP contribution in [0.15, 0.2) is 0 Å². The standard InChI is InChI=1S/C11H22N2/c1-8-3-4-10(5-9(8)2)11-6-12-13-7-11/h8-13H,3-7H2,1-2H3. The van der Waals surface area contributed by atoms with E-state index in [1.165, 1.54) is 32.4 Å². The second kappa shape index (κ2) is 3.97. The first kappa shape index (κ1) is 9.47. The van der Waals surface area contributed by atoms with Crippen molar-refractivity contribution in [1.29, 1.82) is 0 Å². The summed E-state index contributed by atoms with van der Waals surface area (Å²) < 4.78 is 0. The topological polar surface area (TPSA) is 24.1 Å². The van der Waals surface area contributed by atoms with Gasteiger partial charge >= 0.3 is 0 Å². The van der Waals surface area contributed by atoms with Crippen LogP contribution in [-0.4, -0.2) is 13.1 Å². The molecular formula is C11H22N2. The quantitative estimate of drug-likeness (QED) is 0.646. The summed E-state index contributed by atoms with van der Waals surface area (Å²) in [7, 11) is 0.